The van der Waals surface area contributed by atoms with Gasteiger partial charge in [0.15, 0.2) is 0 Å². The van der Waals surface area contributed by atoms with Crippen molar-refractivity contribution in [3.63, 3.8) is 0 Å². The summed E-state index contributed by atoms with van der Waals surface area (Å²) in [5.41, 5.74) is 0.540. The maximum atomic E-state index is 12.4. The van der Waals surface area contributed by atoms with Gasteiger partial charge in [0.1, 0.15) is 18.0 Å². The van der Waals surface area contributed by atoms with Crippen molar-refractivity contribution in [1.29, 1.82) is 5.26 Å². The molecule has 7 nitrogen and oxygen atoms in total. The number of hydrogen-bond donors (Lipinski definition) is 2. The van der Waals surface area contributed by atoms with Crippen LogP contribution in [0, 0.1) is 11.3 Å². The summed E-state index contributed by atoms with van der Waals surface area (Å²) in [4.78, 5) is 18.4. The van der Waals surface area contributed by atoms with Crippen molar-refractivity contribution in [3.8, 4) is 6.07 Å². The molecule has 1 unspecified atom stereocenters. The minimum atomic E-state index is -0.191. The molecule has 2 N–H and O–H groups in total. The van der Waals surface area contributed by atoms with E-state index in [-0.39, 0.29) is 18.2 Å². The van der Waals surface area contributed by atoms with E-state index in [9.17, 15) is 4.79 Å². The first-order valence-corrected chi connectivity index (χ1v) is 9.04. The zero-order valence-electron chi connectivity index (χ0n) is 14.1. The van der Waals surface area contributed by atoms with Crippen LogP contribution in [0.15, 0.2) is 18.3 Å². The van der Waals surface area contributed by atoms with Crippen molar-refractivity contribution in [2.45, 2.75) is 56.3 Å². The van der Waals surface area contributed by atoms with Crippen LogP contribution in [0.5, 0.6) is 0 Å². The normalized spacial score (nSPS) is 30.8. The van der Waals surface area contributed by atoms with Crippen molar-refractivity contribution in [1.82, 2.24) is 15.2 Å². The molecule has 3 aliphatic rings. The van der Waals surface area contributed by atoms with Crippen molar-refractivity contribution >= 4 is 11.9 Å². The standard InChI is InChI=1S/C18H23N5O2/c19-9-12-1-4-17(20-10-12)22-15-5-6-23(11-15)18(24)25-16-7-13-2-3-14(8-16)21-13/h1,4,10,13-16,21H,2-3,5-8,11H2,(H,20,22)/t13-,14+,15-,16?/m1/s1. The molecule has 0 radical (unpaired) electrons. The first kappa shape index (κ1) is 16.2. The average molecular weight is 341 g/mol. The number of nitrogens with one attached hydrogen (secondary N) is 2. The van der Waals surface area contributed by atoms with Crippen LogP contribution in [0.25, 0.3) is 0 Å². The number of aromatic nitrogens is 1. The fourth-order valence-electron chi connectivity index (χ4n) is 4.12. The Morgan fingerprint density at radius 1 is 1.32 bits per heavy atom. The maximum Gasteiger partial charge on any atom is 0.410 e. The predicted octanol–water partition coefficient (Wildman–Crippen LogP) is 1.86. The maximum absolute atomic E-state index is 12.4. The van der Waals surface area contributed by atoms with Gasteiger partial charge in [-0.25, -0.2) is 9.78 Å². The van der Waals surface area contributed by atoms with Gasteiger partial charge in [0.2, 0.25) is 0 Å². The van der Waals surface area contributed by atoms with Crippen LogP contribution < -0.4 is 10.6 Å². The largest absolute Gasteiger partial charge is 0.446 e. The molecule has 1 aromatic heterocycles. The minimum Gasteiger partial charge on any atom is -0.446 e. The summed E-state index contributed by atoms with van der Waals surface area (Å²) in [6.07, 6.45) is 6.56. The van der Waals surface area contributed by atoms with Gasteiger partial charge < -0.3 is 20.3 Å². The fraction of sp³-hybridized carbons (Fsp3) is 0.611. The third-order valence-corrected chi connectivity index (χ3v) is 5.39. The lowest BCUT2D eigenvalue weighted by atomic mass is 10.0. The van der Waals surface area contributed by atoms with Crippen LogP contribution in [0.2, 0.25) is 0 Å². The molecule has 3 fully saturated rings. The van der Waals surface area contributed by atoms with Crippen molar-refractivity contribution in [3.05, 3.63) is 23.9 Å². The SMILES string of the molecule is N#Cc1ccc(N[C@@H]2CCN(C(=O)OC3C[C@H]4CC[C@@H](C3)N4)C2)nc1. The number of carbonyl (C=O) groups is 1. The number of hydrogen-bond acceptors (Lipinski definition) is 6. The Bertz CT molecular complexity index is 659. The molecule has 0 spiro atoms. The number of pyridine rings is 1. The predicted molar refractivity (Wildman–Crippen MR) is 92.0 cm³/mol. The van der Waals surface area contributed by atoms with Crippen molar-refractivity contribution in [2.75, 3.05) is 18.4 Å². The average Bonchev–Trinajstić information content (AvgIpc) is 3.22. The number of nitriles is 1. The van der Waals surface area contributed by atoms with Gasteiger partial charge in [-0.05, 0) is 44.2 Å². The summed E-state index contributed by atoms with van der Waals surface area (Å²) in [5, 5.41) is 15.7. The third-order valence-electron chi connectivity index (χ3n) is 5.39. The van der Waals surface area contributed by atoms with Crippen molar-refractivity contribution < 1.29 is 9.53 Å². The van der Waals surface area contributed by atoms with E-state index in [1.165, 1.54) is 12.8 Å². The van der Waals surface area contributed by atoms with Gasteiger partial charge in [-0.1, -0.05) is 0 Å². The highest BCUT2D eigenvalue weighted by Gasteiger charge is 2.36. The zero-order chi connectivity index (χ0) is 17.2. The molecule has 3 aliphatic heterocycles. The summed E-state index contributed by atoms with van der Waals surface area (Å²) >= 11 is 0. The van der Waals surface area contributed by atoms with Gasteiger partial charge in [-0.2, -0.15) is 5.26 Å². The number of anilines is 1. The molecular weight excluding hydrogens is 318 g/mol. The summed E-state index contributed by atoms with van der Waals surface area (Å²) < 4.78 is 5.75. The minimum absolute atomic E-state index is 0.0541. The number of likely N-dealkylation sites (tertiary alicyclic amines) is 1. The van der Waals surface area contributed by atoms with E-state index in [2.05, 4.69) is 21.7 Å². The number of carbonyl (C=O) groups excluding carboxylic acids is 1. The summed E-state index contributed by atoms with van der Waals surface area (Å²) in [7, 11) is 0. The van der Waals surface area contributed by atoms with Crippen LogP contribution in [-0.4, -0.2) is 53.3 Å². The molecule has 3 saturated heterocycles. The molecule has 7 heteroatoms. The number of piperidine rings is 1. The van der Waals surface area contributed by atoms with Gasteiger partial charge in [0.25, 0.3) is 0 Å². The molecule has 2 bridgehead atoms. The highest BCUT2D eigenvalue weighted by Crippen LogP contribution is 2.29. The number of amides is 1. The molecule has 4 rings (SSSR count). The summed E-state index contributed by atoms with van der Waals surface area (Å²) in [5.74, 6) is 0.731. The third kappa shape index (κ3) is 3.69. The molecule has 4 heterocycles. The second kappa shape index (κ2) is 6.89. The highest BCUT2D eigenvalue weighted by molar-refractivity contribution is 5.68. The van der Waals surface area contributed by atoms with Gasteiger partial charge in [0.05, 0.1) is 5.56 Å². The van der Waals surface area contributed by atoms with E-state index in [0.29, 0.717) is 30.7 Å². The lowest BCUT2D eigenvalue weighted by Crippen LogP contribution is -2.44. The van der Waals surface area contributed by atoms with Gasteiger partial charge in [-0.3, -0.25) is 0 Å². The molecule has 1 aromatic rings. The topological polar surface area (TPSA) is 90.3 Å². The quantitative estimate of drug-likeness (QED) is 0.872. The summed E-state index contributed by atoms with van der Waals surface area (Å²) in [6, 6.07) is 6.79. The number of ether oxygens (including phenoxy) is 1. The highest BCUT2D eigenvalue weighted by atomic mass is 16.6. The molecule has 4 atom stereocenters. The first-order chi connectivity index (χ1) is 12.2. The second-order valence-electron chi connectivity index (χ2n) is 7.23. The van der Waals surface area contributed by atoms with E-state index in [4.69, 9.17) is 10.00 Å². The van der Waals surface area contributed by atoms with Crippen LogP contribution in [0.4, 0.5) is 10.6 Å². The van der Waals surface area contributed by atoms with Gasteiger partial charge in [-0.15, -0.1) is 0 Å². The van der Waals surface area contributed by atoms with Crippen LogP contribution in [-0.2, 0) is 4.74 Å². The first-order valence-electron chi connectivity index (χ1n) is 9.04. The summed E-state index contributed by atoms with van der Waals surface area (Å²) in [6.45, 7) is 1.32. The lowest BCUT2D eigenvalue weighted by Gasteiger charge is -2.30. The Morgan fingerprint density at radius 2 is 2.12 bits per heavy atom. The molecular formula is C18H23N5O2. The molecule has 0 aliphatic carbocycles. The van der Waals surface area contributed by atoms with Crippen LogP contribution >= 0.6 is 0 Å². The number of fused-ring (bicyclic) bond motifs is 2. The van der Waals surface area contributed by atoms with E-state index in [1.807, 2.05) is 0 Å². The van der Waals surface area contributed by atoms with Crippen LogP contribution in [0.1, 0.15) is 37.7 Å². The monoisotopic (exact) mass is 341 g/mol. The number of nitrogens with zero attached hydrogens (tertiary/aromatic N) is 3. The number of rotatable bonds is 3. The Labute approximate surface area is 147 Å². The van der Waals surface area contributed by atoms with Gasteiger partial charge in [0, 0.05) is 37.4 Å². The van der Waals surface area contributed by atoms with E-state index >= 15 is 0 Å². The van der Waals surface area contributed by atoms with Gasteiger partial charge >= 0.3 is 6.09 Å². The van der Waals surface area contributed by atoms with E-state index in [1.54, 1.807) is 23.2 Å². The lowest BCUT2D eigenvalue weighted by molar-refractivity contribution is 0.0442. The molecule has 132 valence electrons. The smallest absolute Gasteiger partial charge is 0.410 e. The second-order valence-corrected chi connectivity index (χ2v) is 7.23. The molecule has 25 heavy (non-hydrogen) atoms. The van der Waals surface area contributed by atoms with Crippen molar-refractivity contribution in [2.24, 2.45) is 0 Å². The molecule has 0 aromatic carbocycles. The van der Waals surface area contributed by atoms with E-state index < -0.39 is 0 Å². The fourth-order valence-corrected chi connectivity index (χ4v) is 4.12. The Balaban J connectivity index is 1.26. The van der Waals surface area contributed by atoms with Crippen LogP contribution in [0.3, 0.4) is 0 Å². The molecule has 0 saturated carbocycles. The van der Waals surface area contributed by atoms with E-state index in [0.717, 1.165) is 25.1 Å². The Hall–Kier alpha value is -2.33. The molecule has 1 amide bonds. The zero-order valence-corrected chi connectivity index (χ0v) is 14.1. The Kier molecular flexibility index (Phi) is 4.45. The Morgan fingerprint density at radius 3 is 2.80 bits per heavy atom.